The fourth-order valence-corrected chi connectivity index (χ4v) is 1.06. The molecule has 1 aliphatic carbocycles. The van der Waals surface area contributed by atoms with Crippen LogP contribution in [-0.4, -0.2) is 28.9 Å². The molecular weight excluding hydrogens is 160 g/mol. The maximum Gasteiger partial charge on any atom is 0.229 e. The minimum atomic E-state index is 0.0417. The second kappa shape index (κ2) is 3.17. The van der Waals surface area contributed by atoms with Crippen molar-refractivity contribution in [2.75, 3.05) is 7.05 Å². The average molecular weight is 172 g/mol. The second-order valence-electron chi connectivity index (χ2n) is 2.88. The van der Waals surface area contributed by atoms with Crippen molar-refractivity contribution in [3.63, 3.8) is 0 Å². The maximum absolute atomic E-state index is 11.2. The summed E-state index contributed by atoms with van der Waals surface area (Å²) in [5, 5.41) is 0. The molecule has 2 N–H and O–H groups in total. The van der Waals surface area contributed by atoms with Crippen LogP contribution in [0, 0.1) is 0 Å². The predicted octanol–water partition coefficient (Wildman–Crippen LogP) is 0.283. The number of nitrogens with zero attached hydrogens (tertiary/aromatic N) is 1. The number of carbonyl (C=O) groups is 1. The Morgan fingerprint density at radius 3 is 2.64 bits per heavy atom. The van der Waals surface area contributed by atoms with Gasteiger partial charge in [0.25, 0.3) is 0 Å². The molecule has 0 bridgehead atoms. The van der Waals surface area contributed by atoms with E-state index in [2.05, 4.69) is 12.2 Å². The van der Waals surface area contributed by atoms with Crippen LogP contribution in [0.25, 0.3) is 0 Å². The lowest BCUT2D eigenvalue weighted by Gasteiger charge is -2.15. The Morgan fingerprint density at radius 2 is 2.27 bits per heavy atom. The van der Waals surface area contributed by atoms with Crippen molar-refractivity contribution in [3.8, 4) is 0 Å². The van der Waals surface area contributed by atoms with Gasteiger partial charge < -0.3 is 10.6 Å². The molecule has 1 aliphatic rings. The molecule has 0 saturated heterocycles. The highest BCUT2D eigenvalue weighted by atomic mass is 32.1. The highest BCUT2D eigenvalue weighted by Crippen LogP contribution is 2.25. The molecule has 0 aromatic rings. The molecule has 1 fully saturated rings. The van der Waals surface area contributed by atoms with Gasteiger partial charge in [-0.1, -0.05) is 12.2 Å². The zero-order valence-corrected chi connectivity index (χ0v) is 7.36. The monoisotopic (exact) mass is 172 g/mol. The first kappa shape index (κ1) is 8.46. The van der Waals surface area contributed by atoms with Gasteiger partial charge in [-0.25, -0.2) is 0 Å². The van der Waals surface area contributed by atoms with Gasteiger partial charge in [-0.2, -0.15) is 0 Å². The zero-order valence-electron chi connectivity index (χ0n) is 6.54. The highest BCUT2D eigenvalue weighted by molar-refractivity contribution is 7.80. The fraction of sp³-hybridized carbons (Fsp3) is 0.714. The first-order valence-corrected chi connectivity index (χ1v) is 4.06. The number of hydrogen-bond donors (Lipinski definition) is 1. The summed E-state index contributed by atoms with van der Waals surface area (Å²) in [6, 6.07) is 0.455. The van der Waals surface area contributed by atoms with E-state index in [1.807, 2.05) is 0 Å². The van der Waals surface area contributed by atoms with Gasteiger partial charge in [0.15, 0.2) is 0 Å². The number of amides is 1. The molecule has 0 radical (unpaired) electrons. The van der Waals surface area contributed by atoms with Crippen molar-refractivity contribution in [2.24, 2.45) is 5.73 Å². The summed E-state index contributed by atoms with van der Waals surface area (Å²) in [6.07, 6.45) is 2.46. The summed E-state index contributed by atoms with van der Waals surface area (Å²) in [5.41, 5.74) is 5.24. The van der Waals surface area contributed by atoms with E-state index in [1.54, 1.807) is 11.9 Å². The van der Waals surface area contributed by atoms with E-state index in [9.17, 15) is 4.79 Å². The van der Waals surface area contributed by atoms with Gasteiger partial charge in [0.1, 0.15) is 0 Å². The third-order valence-electron chi connectivity index (χ3n) is 1.81. The summed E-state index contributed by atoms with van der Waals surface area (Å²) < 4.78 is 0. The van der Waals surface area contributed by atoms with Crippen molar-refractivity contribution < 1.29 is 4.79 Å². The van der Waals surface area contributed by atoms with Crippen LogP contribution >= 0.6 is 12.2 Å². The lowest BCUT2D eigenvalue weighted by Crippen LogP contribution is -2.31. The first-order chi connectivity index (χ1) is 5.11. The smallest absolute Gasteiger partial charge is 0.229 e. The van der Waals surface area contributed by atoms with E-state index >= 15 is 0 Å². The maximum atomic E-state index is 11.2. The molecule has 1 rings (SSSR count). The van der Waals surface area contributed by atoms with Crippen LogP contribution in [0.4, 0.5) is 0 Å². The Hall–Kier alpha value is -0.640. The molecular formula is C7H12N2OS. The third kappa shape index (κ3) is 2.46. The fourth-order valence-electron chi connectivity index (χ4n) is 0.939. The van der Waals surface area contributed by atoms with Crippen LogP contribution in [0.1, 0.15) is 19.3 Å². The van der Waals surface area contributed by atoms with Crippen LogP contribution in [0.15, 0.2) is 0 Å². The standard InChI is InChI=1S/C7H12N2OS/c1-9(5-2-3-5)7(10)4-6(8)11/h5H,2-4H2,1H3,(H2,8,11). The Labute approximate surface area is 71.5 Å². The van der Waals surface area contributed by atoms with Crippen LogP contribution in [0.2, 0.25) is 0 Å². The summed E-state index contributed by atoms with van der Waals surface area (Å²) in [5.74, 6) is 0.0417. The zero-order chi connectivity index (χ0) is 8.43. The van der Waals surface area contributed by atoms with Crippen molar-refractivity contribution in [1.29, 1.82) is 0 Å². The summed E-state index contributed by atoms with van der Waals surface area (Å²) in [6.45, 7) is 0. The van der Waals surface area contributed by atoms with Crippen molar-refractivity contribution in [2.45, 2.75) is 25.3 Å². The van der Waals surface area contributed by atoms with Crippen LogP contribution in [0.3, 0.4) is 0 Å². The number of thiocarbonyl (C=S) groups is 1. The van der Waals surface area contributed by atoms with E-state index in [4.69, 9.17) is 5.73 Å². The minimum Gasteiger partial charge on any atom is -0.393 e. The van der Waals surface area contributed by atoms with Crippen LogP contribution < -0.4 is 5.73 Å². The van der Waals surface area contributed by atoms with Crippen molar-refractivity contribution in [1.82, 2.24) is 4.90 Å². The highest BCUT2D eigenvalue weighted by Gasteiger charge is 2.29. The molecule has 62 valence electrons. The van der Waals surface area contributed by atoms with Crippen molar-refractivity contribution >= 4 is 23.1 Å². The Bertz CT molecular complexity index is 189. The van der Waals surface area contributed by atoms with Gasteiger partial charge in [0.2, 0.25) is 5.91 Å². The van der Waals surface area contributed by atoms with E-state index in [1.165, 1.54) is 0 Å². The molecule has 11 heavy (non-hydrogen) atoms. The minimum absolute atomic E-state index is 0.0417. The summed E-state index contributed by atoms with van der Waals surface area (Å²) in [4.78, 5) is 13.2. The number of carbonyl (C=O) groups excluding carboxylic acids is 1. The number of nitrogens with two attached hydrogens (primary N) is 1. The molecule has 0 aromatic heterocycles. The average Bonchev–Trinajstić information content (AvgIpc) is 2.65. The topological polar surface area (TPSA) is 46.3 Å². The number of rotatable bonds is 3. The van der Waals surface area contributed by atoms with E-state index in [-0.39, 0.29) is 17.3 Å². The summed E-state index contributed by atoms with van der Waals surface area (Å²) >= 11 is 4.63. The van der Waals surface area contributed by atoms with Gasteiger partial charge in [-0.05, 0) is 12.8 Å². The molecule has 0 aromatic carbocycles. The second-order valence-corrected chi connectivity index (χ2v) is 3.40. The SMILES string of the molecule is CN(C(=O)CC(N)=S)C1CC1. The third-order valence-corrected chi connectivity index (χ3v) is 1.96. The Balaban J connectivity index is 2.33. The lowest BCUT2D eigenvalue weighted by atomic mass is 10.3. The van der Waals surface area contributed by atoms with Crippen molar-refractivity contribution in [3.05, 3.63) is 0 Å². The van der Waals surface area contributed by atoms with Gasteiger partial charge in [0.05, 0.1) is 11.4 Å². The van der Waals surface area contributed by atoms with Gasteiger partial charge >= 0.3 is 0 Å². The molecule has 1 saturated carbocycles. The normalized spacial score (nSPS) is 16.1. The van der Waals surface area contributed by atoms with E-state index in [0.29, 0.717) is 6.04 Å². The van der Waals surface area contributed by atoms with E-state index in [0.717, 1.165) is 12.8 Å². The Kier molecular flexibility index (Phi) is 2.44. The summed E-state index contributed by atoms with van der Waals surface area (Å²) in [7, 11) is 1.80. The molecule has 3 nitrogen and oxygen atoms in total. The molecule has 0 unspecified atom stereocenters. The largest absolute Gasteiger partial charge is 0.393 e. The van der Waals surface area contributed by atoms with Crippen LogP contribution in [0.5, 0.6) is 0 Å². The van der Waals surface area contributed by atoms with Crippen LogP contribution in [-0.2, 0) is 4.79 Å². The van der Waals surface area contributed by atoms with Gasteiger partial charge in [-0.15, -0.1) is 0 Å². The van der Waals surface area contributed by atoms with Gasteiger partial charge in [0, 0.05) is 13.1 Å². The first-order valence-electron chi connectivity index (χ1n) is 3.65. The Morgan fingerprint density at radius 1 is 1.73 bits per heavy atom. The lowest BCUT2D eigenvalue weighted by molar-refractivity contribution is -0.129. The molecule has 0 spiro atoms. The molecule has 1 amide bonds. The van der Waals surface area contributed by atoms with Gasteiger partial charge in [-0.3, -0.25) is 4.79 Å². The quantitative estimate of drug-likeness (QED) is 0.622. The molecule has 0 atom stereocenters. The molecule has 0 heterocycles. The molecule has 4 heteroatoms. The number of hydrogen-bond acceptors (Lipinski definition) is 2. The van der Waals surface area contributed by atoms with E-state index < -0.39 is 0 Å². The molecule has 0 aliphatic heterocycles. The predicted molar refractivity (Wildman–Crippen MR) is 47.2 cm³/mol.